The van der Waals surface area contributed by atoms with Gasteiger partial charge in [0.2, 0.25) is 0 Å². The summed E-state index contributed by atoms with van der Waals surface area (Å²) < 4.78 is 11.3. The Labute approximate surface area is 76.2 Å². The third-order valence-electron chi connectivity index (χ3n) is 1.07. The van der Waals surface area contributed by atoms with Gasteiger partial charge < -0.3 is 4.55 Å². The second kappa shape index (κ2) is 6.46. The lowest BCUT2D eigenvalue weighted by Gasteiger charge is -2.02. The summed E-state index contributed by atoms with van der Waals surface area (Å²) in [6, 6.07) is 0. The molecular weight excluding hydrogens is 184 g/mol. The standard InChI is InChI=1S/C6H12OS3/c1-10(7)5-3-2-4-6(8)9/h2-5H2,1H3,(H,8,9). The highest BCUT2D eigenvalue weighted by molar-refractivity contribution is 8.11. The van der Waals surface area contributed by atoms with Crippen molar-refractivity contribution < 1.29 is 4.55 Å². The number of unbranched alkanes of at least 4 members (excludes halogenated alkanes) is 1. The average molecular weight is 196 g/mol. The molecule has 0 saturated carbocycles. The van der Waals surface area contributed by atoms with E-state index in [0.29, 0.717) is 0 Å². The first-order valence-corrected chi connectivity index (χ1v) is 5.73. The SMILES string of the molecule is C[S+]([O-])CCCCC(=S)S. The van der Waals surface area contributed by atoms with Crippen LogP contribution in [-0.4, -0.2) is 20.8 Å². The van der Waals surface area contributed by atoms with E-state index in [-0.39, 0.29) is 0 Å². The molecule has 0 aliphatic rings. The van der Waals surface area contributed by atoms with Gasteiger partial charge in [-0.05, 0) is 19.3 Å². The molecule has 0 aliphatic heterocycles. The van der Waals surface area contributed by atoms with Gasteiger partial charge in [0.05, 0.1) is 6.26 Å². The van der Waals surface area contributed by atoms with E-state index in [9.17, 15) is 4.55 Å². The molecule has 0 radical (unpaired) electrons. The number of hydrogen-bond donors (Lipinski definition) is 1. The Kier molecular flexibility index (Phi) is 6.94. The van der Waals surface area contributed by atoms with Crippen LogP contribution in [0.5, 0.6) is 0 Å². The van der Waals surface area contributed by atoms with E-state index in [1.54, 1.807) is 6.26 Å². The quantitative estimate of drug-likeness (QED) is 0.314. The van der Waals surface area contributed by atoms with Crippen molar-refractivity contribution >= 4 is 40.2 Å². The largest absolute Gasteiger partial charge is 0.617 e. The highest BCUT2D eigenvalue weighted by atomic mass is 32.2. The Morgan fingerprint density at radius 3 is 2.60 bits per heavy atom. The lowest BCUT2D eigenvalue weighted by Crippen LogP contribution is -2.02. The van der Waals surface area contributed by atoms with Crippen LogP contribution in [0.1, 0.15) is 19.3 Å². The average Bonchev–Trinajstić information content (AvgIpc) is 1.79. The molecule has 0 aromatic carbocycles. The van der Waals surface area contributed by atoms with Gasteiger partial charge >= 0.3 is 0 Å². The Hall–Kier alpha value is 0.750. The van der Waals surface area contributed by atoms with Crippen LogP contribution in [0.3, 0.4) is 0 Å². The molecule has 60 valence electrons. The van der Waals surface area contributed by atoms with Crippen LogP contribution in [0, 0.1) is 0 Å². The van der Waals surface area contributed by atoms with Crippen molar-refractivity contribution in [3.8, 4) is 0 Å². The molecule has 0 aliphatic carbocycles. The molecule has 0 N–H and O–H groups in total. The molecule has 1 nitrogen and oxygen atoms in total. The van der Waals surface area contributed by atoms with Crippen molar-refractivity contribution in [3.63, 3.8) is 0 Å². The van der Waals surface area contributed by atoms with E-state index in [0.717, 1.165) is 29.2 Å². The van der Waals surface area contributed by atoms with Crippen LogP contribution in [-0.2, 0) is 11.2 Å². The molecule has 1 unspecified atom stereocenters. The van der Waals surface area contributed by atoms with E-state index in [1.165, 1.54) is 0 Å². The third kappa shape index (κ3) is 8.75. The molecular formula is C6H12OS3. The molecule has 0 saturated heterocycles. The summed E-state index contributed by atoms with van der Waals surface area (Å²) in [5, 5.41) is 0. The maximum Gasteiger partial charge on any atom is 0.105 e. The molecule has 4 heteroatoms. The van der Waals surface area contributed by atoms with Gasteiger partial charge in [-0.25, -0.2) is 0 Å². The van der Waals surface area contributed by atoms with Crippen LogP contribution in [0.2, 0.25) is 0 Å². The minimum atomic E-state index is -0.648. The summed E-state index contributed by atoms with van der Waals surface area (Å²) in [7, 11) is 0. The van der Waals surface area contributed by atoms with Crippen LogP contribution >= 0.6 is 24.8 Å². The first-order chi connectivity index (χ1) is 4.63. The molecule has 0 aromatic rings. The highest BCUT2D eigenvalue weighted by Gasteiger charge is 1.96. The second-order valence-corrected chi connectivity index (χ2v) is 5.02. The lowest BCUT2D eigenvalue weighted by molar-refractivity contribution is 0.597. The zero-order valence-electron chi connectivity index (χ0n) is 6.00. The smallest absolute Gasteiger partial charge is 0.105 e. The molecule has 10 heavy (non-hydrogen) atoms. The monoisotopic (exact) mass is 196 g/mol. The van der Waals surface area contributed by atoms with Crippen LogP contribution in [0.4, 0.5) is 0 Å². The highest BCUT2D eigenvalue weighted by Crippen LogP contribution is 2.02. The van der Waals surface area contributed by atoms with Crippen molar-refractivity contribution in [1.82, 2.24) is 0 Å². The topological polar surface area (TPSA) is 23.1 Å². The predicted octanol–water partition coefficient (Wildman–Crippen LogP) is 1.79. The summed E-state index contributed by atoms with van der Waals surface area (Å²) in [5.41, 5.74) is 0. The van der Waals surface area contributed by atoms with Gasteiger partial charge in [-0.3, -0.25) is 0 Å². The predicted molar refractivity (Wildman–Crippen MR) is 54.4 cm³/mol. The van der Waals surface area contributed by atoms with Gasteiger partial charge in [0.25, 0.3) is 0 Å². The lowest BCUT2D eigenvalue weighted by atomic mass is 10.3. The van der Waals surface area contributed by atoms with Gasteiger partial charge in [-0.1, -0.05) is 23.4 Å². The molecule has 0 fully saturated rings. The molecule has 0 aromatic heterocycles. The fourth-order valence-electron chi connectivity index (χ4n) is 0.582. The third-order valence-corrected chi connectivity index (χ3v) is 2.36. The van der Waals surface area contributed by atoms with Gasteiger partial charge in [0, 0.05) is 4.20 Å². The first-order valence-electron chi connectivity index (χ1n) is 3.14. The Balaban J connectivity index is 2.98. The molecule has 1 atom stereocenters. The van der Waals surface area contributed by atoms with E-state index >= 15 is 0 Å². The van der Waals surface area contributed by atoms with Gasteiger partial charge in [-0.15, -0.1) is 12.6 Å². The summed E-state index contributed by atoms with van der Waals surface area (Å²) in [6.07, 6.45) is 4.60. The van der Waals surface area contributed by atoms with Crippen LogP contribution in [0.25, 0.3) is 0 Å². The first kappa shape index (κ1) is 10.8. The minimum Gasteiger partial charge on any atom is -0.617 e. The Bertz CT molecular complexity index is 103. The summed E-state index contributed by atoms with van der Waals surface area (Å²) >= 11 is 8.09. The van der Waals surface area contributed by atoms with Gasteiger partial charge in [0.1, 0.15) is 5.75 Å². The zero-order valence-corrected chi connectivity index (χ0v) is 8.53. The van der Waals surface area contributed by atoms with Gasteiger partial charge in [0.15, 0.2) is 0 Å². The summed E-state index contributed by atoms with van der Waals surface area (Å²) in [5.74, 6) is 0.788. The molecule has 0 amide bonds. The molecule has 0 bridgehead atoms. The van der Waals surface area contributed by atoms with Crippen molar-refractivity contribution in [2.75, 3.05) is 12.0 Å². The van der Waals surface area contributed by atoms with E-state index < -0.39 is 11.2 Å². The van der Waals surface area contributed by atoms with Crippen molar-refractivity contribution in [3.05, 3.63) is 0 Å². The van der Waals surface area contributed by atoms with E-state index in [2.05, 4.69) is 12.6 Å². The summed E-state index contributed by atoms with van der Waals surface area (Å²) in [6.45, 7) is 0. The van der Waals surface area contributed by atoms with Crippen molar-refractivity contribution in [1.29, 1.82) is 0 Å². The van der Waals surface area contributed by atoms with Crippen LogP contribution in [0.15, 0.2) is 0 Å². The second-order valence-electron chi connectivity index (χ2n) is 2.13. The Morgan fingerprint density at radius 1 is 1.60 bits per heavy atom. The zero-order chi connectivity index (χ0) is 7.98. The fraction of sp³-hybridized carbons (Fsp3) is 0.833. The molecule has 0 heterocycles. The van der Waals surface area contributed by atoms with Crippen molar-refractivity contribution in [2.24, 2.45) is 0 Å². The summed E-state index contributed by atoms with van der Waals surface area (Å²) in [4.78, 5) is 0. The number of hydrogen-bond acceptors (Lipinski definition) is 2. The molecule has 0 rings (SSSR count). The number of thiol groups is 1. The fourth-order valence-corrected chi connectivity index (χ4v) is 1.49. The maximum absolute atomic E-state index is 10.5. The van der Waals surface area contributed by atoms with E-state index in [4.69, 9.17) is 12.2 Å². The normalized spacial score (nSPS) is 13.1. The maximum atomic E-state index is 10.5. The Morgan fingerprint density at radius 2 is 2.20 bits per heavy atom. The minimum absolute atomic E-state index is 0.648. The van der Waals surface area contributed by atoms with Crippen molar-refractivity contribution in [2.45, 2.75) is 19.3 Å². The molecule has 0 spiro atoms. The van der Waals surface area contributed by atoms with E-state index in [1.807, 2.05) is 0 Å². The van der Waals surface area contributed by atoms with Gasteiger partial charge in [-0.2, -0.15) is 0 Å². The number of rotatable bonds is 5. The number of thiocarbonyl (C=S) groups is 1. The van der Waals surface area contributed by atoms with Crippen LogP contribution < -0.4 is 0 Å².